The number of aliphatic hydroxyl groups excluding tert-OH is 1. The fraction of sp³-hybridized carbons (Fsp3) is 0.267. The van der Waals surface area contributed by atoms with E-state index in [4.69, 9.17) is 0 Å². The molecule has 2 atom stereocenters. The predicted molar refractivity (Wildman–Crippen MR) is 83.3 cm³/mol. The number of allylic oxidation sites excluding steroid dienone is 2. The van der Waals surface area contributed by atoms with Crippen LogP contribution in [0.15, 0.2) is 47.4 Å². The zero-order valence-corrected chi connectivity index (χ0v) is 12.1. The number of carbonyl (C=O) groups excluding carboxylic acids is 1. The number of rotatable bonds is 2. The maximum Gasteiger partial charge on any atom is 0.321 e. The van der Waals surface area contributed by atoms with Crippen molar-refractivity contribution in [3.63, 3.8) is 0 Å². The molecule has 0 bridgehead atoms. The number of guanidine groups is 1. The van der Waals surface area contributed by atoms with Gasteiger partial charge in [0.1, 0.15) is 17.8 Å². The van der Waals surface area contributed by atoms with Gasteiger partial charge in [-0.25, -0.2) is 9.79 Å². The van der Waals surface area contributed by atoms with Gasteiger partial charge >= 0.3 is 6.03 Å². The minimum atomic E-state index is -0.350. The Hall–Kier alpha value is -2.83. The van der Waals surface area contributed by atoms with Crippen LogP contribution in [0.2, 0.25) is 0 Å². The first-order chi connectivity index (χ1) is 10.7. The van der Waals surface area contributed by atoms with E-state index >= 15 is 0 Å². The molecule has 2 amide bonds. The Morgan fingerprint density at radius 3 is 3.09 bits per heavy atom. The van der Waals surface area contributed by atoms with Crippen molar-refractivity contribution >= 4 is 17.6 Å². The third-order valence-electron chi connectivity index (χ3n) is 3.45. The van der Waals surface area contributed by atoms with E-state index < -0.39 is 0 Å². The molecular formula is C15H17N5O2. The predicted octanol–water partition coefficient (Wildman–Crippen LogP) is 0.936. The number of nitrogens with zero attached hydrogens (tertiary/aromatic N) is 2. The number of fused-ring (bicyclic) bond motifs is 1. The average Bonchev–Trinajstić information content (AvgIpc) is 2.91. The van der Waals surface area contributed by atoms with E-state index in [1.807, 2.05) is 25.1 Å². The molecule has 1 aliphatic carbocycles. The van der Waals surface area contributed by atoms with Crippen molar-refractivity contribution in [2.45, 2.75) is 19.0 Å². The summed E-state index contributed by atoms with van der Waals surface area (Å²) in [5.74, 6) is 0.535. The number of pyridine rings is 1. The van der Waals surface area contributed by atoms with Crippen molar-refractivity contribution in [1.29, 1.82) is 0 Å². The maximum atomic E-state index is 11.5. The van der Waals surface area contributed by atoms with E-state index in [0.29, 0.717) is 12.5 Å². The summed E-state index contributed by atoms with van der Waals surface area (Å²) in [4.78, 5) is 20.0. The van der Waals surface area contributed by atoms with Crippen molar-refractivity contribution in [2.75, 3.05) is 6.54 Å². The highest BCUT2D eigenvalue weighted by Crippen LogP contribution is 2.27. The Labute approximate surface area is 127 Å². The third-order valence-corrected chi connectivity index (χ3v) is 3.45. The molecule has 2 aliphatic rings. The number of urea groups is 1. The first-order valence-corrected chi connectivity index (χ1v) is 7.09. The largest absolute Gasteiger partial charge is 0.510 e. The molecule has 2 unspecified atom stereocenters. The van der Waals surface area contributed by atoms with Gasteiger partial charge in [-0.3, -0.25) is 10.3 Å². The highest BCUT2D eigenvalue weighted by atomic mass is 16.3. The summed E-state index contributed by atoms with van der Waals surface area (Å²) in [7, 11) is 0. The van der Waals surface area contributed by atoms with Crippen LogP contribution in [0.4, 0.5) is 4.79 Å². The quantitative estimate of drug-likeness (QED) is 0.653. The summed E-state index contributed by atoms with van der Waals surface area (Å²) in [6, 6.07) is 2.82. The summed E-state index contributed by atoms with van der Waals surface area (Å²) in [5, 5.41) is 18.5. The zero-order valence-electron chi connectivity index (χ0n) is 12.1. The lowest BCUT2D eigenvalue weighted by atomic mass is 9.94. The molecule has 0 saturated heterocycles. The molecule has 7 heteroatoms. The second-order valence-corrected chi connectivity index (χ2v) is 5.01. The standard InChI is InChI=1S/C15H17N5O2/c1-2-17-15(22)20-14-18-11-6-10(7-12(21)13(11)19-14)9-4-3-5-16-8-9/h3-8,11,13,21H,2H2,1H3,(H3,17,18,19,20,22). The molecule has 1 aliphatic heterocycles. The van der Waals surface area contributed by atoms with Crippen LogP contribution in [0, 0.1) is 0 Å². The van der Waals surface area contributed by atoms with Gasteiger partial charge in [-0.2, -0.15) is 0 Å². The second kappa shape index (κ2) is 5.88. The lowest BCUT2D eigenvalue weighted by Gasteiger charge is -2.21. The molecule has 7 nitrogen and oxygen atoms in total. The Balaban J connectivity index is 1.80. The molecule has 114 valence electrons. The van der Waals surface area contributed by atoms with Crippen LogP contribution in [0.3, 0.4) is 0 Å². The molecule has 1 aromatic heterocycles. The van der Waals surface area contributed by atoms with Crippen LogP contribution in [-0.2, 0) is 0 Å². The number of aliphatic imine (C=N–C) groups is 1. The fourth-order valence-corrected chi connectivity index (χ4v) is 2.45. The van der Waals surface area contributed by atoms with Crippen LogP contribution >= 0.6 is 0 Å². The number of carbonyl (C=O) groups is 1. The Morgan fingerprint density at radius 2 is 2.36 bits per heavy atom. The summed E-state index contributed by atoms with van der Waals surface area (Å²) in [6.07, 6.45) is 7.06. The molecule has 1 aromatic rings. The summed E-state index contributed by atoms with van der Waals surface area (Å²) < 4.78 is 0. The molecule has 0 fully saturated rings. The molecule has 2 heterocycles. The molecule has 0 spiro atoms. The Morgan fingerprint density at radius 1 is 1.50 bits per heavy atom. The van der Waals surface area contributed by atoms with Gasteiger partial charge in [-0.1, -0.05) is 6.07 Å². The first kappa shape index (κ1) is 14.1. The molecule has 4 N–H and O–H groups in total. The van der Waals surface area contributed by atoms with Crippen LogP contribution in [-0.4, -0.2) is 40.7 Å². The lowest BCUT2D eigenvalue weighted by Crippen LogP contribution is -2.47. The number of aliphatic hydroxyl groups is 1. The summed E-state index contributed by atoms with van der Waals surface area (Å²) in [6.45, 7) is 2.36. The smallest absolute Gasteiger partial charge is 0.321 e. The van der Waals surface area contributed by atoms with Crippen molar-refractivity contribution in [3.05, 3.63) is 48.0 Å². The maximum absolute atomic E-state index is 11.5. The topological polar surface area (TPSA) is 98.6 Å². The number of amides is 2. The monoisotopic (exact) mass is 299 g/mol. The van der Waals surface area contributed by atoms with Crippen LogP contribution < -0.4 is 16.0 Å². The van der Waals surface area contributed by atoms with Gasteiger partial charge in [0.2, 0.25) is 5.96 Å². The van der Waals surface area contributed by atoms with Crippen molar-refractivity contribution in [1.82, 2.24) is 20.9 Å². The summed E-state index contributed by atoms with van der Waals surface area (Å²) in [5.41, 5.74) is 1.77. The minimum Gasteiger partial charge on any atom is -0.510 e. The highest BCUT2D eigenvalue weighted by Gasteiger charge is 2.34. The van der Waals surface area contributed by atoms with E-state index in [1.54, 1.807) is 18.5 Å². The first-order valence-electron chi connectivity index (χ1n) is 7.09. The van der Waals surface area contributed by atoms with E-state index in [2.05, 4.69) is 25.9 Å². The normalized spacial score (nSPS) is 22.7. The SMILES string of the molecule is CCNC(=O)NC1=NC2C=C(c3cccnc3)C=C(O)C2N1. The van der Waals surface area contributed by atoms with Crippen molar-refractivity contribution in [3.8, 4) is 0 Å². The molecular weight excluding hydrogens is 282 g/mol. The Bertz CT molecular complexity index is 666. The van der Waals surface area contributed by atoms with Gasteiger partial charge in [-0.15, -0.1) is 0 Å². The highest BCUT2D eigenvalue weighted by molar-refractivity contribution is 5.98. The Kier molecular flexibility index (Phi) is 3.78. The van der Waals surface area contributed by atoms with Gasteiger partial charge in [0.05, 0.1) is 0 Å². The molecule has 0 saturated carbocycles. The number of nitrogens with one attached hydrogen (secondary N) is 3. The average molecular weight is 299 g/mol. The van der Waals surface area contributed by atoms with E-state index in [9.17, 15) is 9.90 Å². The fourth-order valence-electron chi connectivity index (χ4n) is 2.45. The number of hydrogen-bond acceptors (Lipinski definition) is 5. The van der Waals surface area contributed by atoms with Crippen LogP contribution in [0.5, 0.6) is 0 Å². The minimum absolute atomic E-state index is 0.183. The molecule has 0 radical (unpaired) electrons. The van der Waals surface area contributed by atoms with Crippen LogP contribution in [0.1, 0.15) is 12.5 Å². The molecule has 3 rings (SSSR count). The van der Waals surface area contributed by atoms with E-state index in [-0.39, 0.29) is 23.9 Å². The number of aromatic nitrogens is 1. The third kappa shape index (κ3) is 2.78. The van der Waals surface area contributed by atoms with Crippen molar-refractivity contribution < 1.29 is 9.90 Å². The van der Waals surface area contributed by atoms with Crippen LogP contribution in [0.25, 0.3) is 5.57 Å². The van der Waals surface area contributed by atoms with Gasteiger partial charge in [0.15, 0.2) is 0 Å². The van der Waals surface area contributed by atoms with Gasteiger partial charge < -0.3 is 15.7 Å². The molecule has 22 heavy (non-hydrogen) atoms. The lowest BCUT2D eigenvalue weighted by molar-refractivity contribution is 0.245. The number of hydrogen-bond donors (Lipinski definition) is 4. The summed E-state index contributed by atoms with van der Waals surface area (Å²) >= 11 is 0. The second-order valence-electron chi connectivity index (χ2n) is 5.01. The van der Waals surface area contributed by atoms with E-state index in [0.717, 1.165) is 11.1 Å². The van der Waals surface area contributed by atoms with Gasteiger partial charge in [0, 0.05) is 18.9 Å². The molecule has 0 aromatic carbocycles. The van der Waals surface area contributed by atoms with Gasteiger partial charge in [0.25, 0.3) is 0 Å². The van der Waals surface area contributed by atoms with E-state index in [1.165, 1.54) is 0 Å². The zero-order chi connectivity index (χ0) is 15.5. The van der Waals surface area contributed by atoms with Gasteiger partial charge in [-0.05, 0) is 36.3 Å². The van der Waals surface area contributed by atoms with Crippen molar-refractivity contribution in [2.24, 2.45) is 4.99 Å².